The van der Waals surface area contributed by atoms with Crippen LogP contribution in [-0.4, -0.2) is 21.5 Å². The Bertz CT molecular complexity index is 1530. The second-order valence-electron chi connectivity index (χ2n) is 9.33. The lowest BCUT2D eigenvalue weighted by atomic mass is 9.93. The molecule has 1 aliphatic rings. The number of benzene rings is 3. The predicted octanol–water partition coefficient (Wildman–Crippen LogP) is 8.00. The van der Waals surface area contributed by atoms with Crippen LogP contribution in [0.3, 0.4) is 0 Å². The number of carbonyl (C=O) groups is 2. The third kappa shape index (κ3) is 4.89. The number of halogens is 2. The summed E-state index contributed by atoms with van der Waals surface area (Å²) in [5.74, 6) is -1.27. The molecule has 0 spiro atoms. The lowest BCUT2D eigenvalue weighted by molar-refractivity contribution is -0.140. The SMILES string of the molecule is Cc1nsc(-c2ccc(-c3ccc(C4(C(=O)O)CC4)cc3)c(F)c2)c1NC(=O)OC(C)c1ccccc1Cl. The molecule has 0 bridgehead atoms. The standard InChI is InChI=1S/C29H24ClFN2O4S/c1-16-25(32-28(36)37-17(2)21-5-3-4-6-23(21)30)26(38-33-16)19-9-12-22(24(31)15-19)18-7-10-20(11-8-18)29(13-14-29)27(34)35/h3-12,15,17H,13-14H2,1-2H3,(H,32,36)(H,34,35). The van der Waals surface area contributed by atoms with Gasteiger partial charge in [0.15, 0.2) is 0 Å². The first-order chi connectivity index (χ1) is 18.2. The molecule has 1 heterocycles. The first-order valence-electron chi connectivity index (χ1n) is 12.0. The first kappa shape index (κ1) is 25.9. The van der Waals surface area contributed by atoms with Crippen molar-refractivity contribution in [2.24, 2.45) is 0 Å². The molecule has 1 saturated carbocycles. The Hall–Kier alpha value is -3.75. The fourth-order valence-electron chi connectivity index (χ4n) is 4.48. The van der Waals surface area contributed by atoms with Crippen LogP contribution in [0.2, 0.25) is 5.02 Å². The molecular weight excluding hydrogens is 527 g/mol. The van der Waals surface area contributed by atoms with E-state index in [-0.39, 0.29) is 0 Å². The number of aromatic nitrogens is 1. The van der Waals surface area contributed by atoms with Gasteiger partial charge in [-0.05, 0) is 67.0 Å². The number of hydrogen-bond donors (Lipinski definition) is 2. The van der Waals surface area contributed by atoms with E-state index in [2.05, 4.69) is 9.69 Å². The molecule has 9 heteroatoms. The molecule has 1 amide bonds. The second kappa shape index (κ2) is 10.2. The molecule has 4 aromatic rings. The number of aryl methyl sites for hydroxylation is 1. The summed E-state index contributed by atoms with van der Waals surface area (Å²) in [6.45, 7) is 3.48. The number of nitrogens with one attached hydrogen (secondary N) is 1. The molecule has 6 nitrogen and oxygen atoms in total. The first-order valence-corrected chi connectivity index (χ1v) is 13.2. The largest absolute Gasteiger partial charge is 0.481 e. The summed E-state index contributed by atoms with van der Waals surface area (Å²) in [5.41, 5.74) is 3.25. The number of anilines is 1. The van der Waals surface area contributed by atoms with E-state index in [1.165, 1.54) is 6.07 Å². The molecule has 2 N–H and O–H groups in total. The molecule has 1 unspecified atom stereocenters. The lowest BCUT2D eigenvalue weighted by Crippen LogP contribution is -2.19. The summed E-state index contributed by atoms with van der Waals surface area (Å²) in [4.78, 5) is 24.9. The van der Waals surface area contributed by atoms with Crippen LogP contribution in [0, 0.1) is 12.7 Å². The molecule has 5 rings (SSSR count). The van der Waals surface area contributed by atoms with Crippen LogP contribution in [0.4, 0.5) is 14.9 Å². The summed E-state index contributed by atoms with van der Waals surface area (Å²) >= 11 is 7.36. The van der Waals surface area contributed by atoms with E-state index in [0.717, 1.165) is 17.1 Å². The van der Waals surface area contributed by atoms with Crippen LogP contribution >= 0.6 is 23.1 Å². The number of amides is 1. The smallest absolute Gasteiger partial charge is 0.412 e. The fraction of sp³-hybridized carbons (Fsp3) is 0.207. The van der Waals surface area contributed by atoms with Crippen molar-refractivity contribution < 1.29 is 23.8 Å². The summed E-state index contributed by atoms with van der Waals surface area (Å²) in [6, 6.07) is 19.0. The fourth-order valence-corrected chi connectivity index (χ4v) is 5.62. The van der Waals surface area contributed by atoms with E-state index in [1.54, 1.807) is 68.4 Å². The molecule has 1 aliphatic carbocycles. The maximum Gasteiger partial charge on any atom is 0.412 e. The Morgan fingerprint density at radius 3 is 2.42 bits per heavy atom. The average molecular weight is 551 g/mol. The van der Waals surface area contributed by atoms with E-state index in [4.69, 9.17) is 16.3 Å². The number of rotatable bonds is 7. The van der Waals surface area contributed by atoms with E-state index in [1.807, 2.05) is 6.07 Å². The number of nitrogens with zero attached hydrogens (tertiary/aromatic N) is 1. The number of ether oxygens (including phenoxy) is 1. The Morgan fingerprint density at radius 1 is 1.11 bits per heavy atom. The Morgan fingerprint density at radius 2 is 1.79 bits per heavy atom. The quantitative estimate of drug-likeness (QED) is 0.243. The molecule has 38 heavy (non-hydrogen) atoms. The van der Waals surface area contributed by atoms with Crippen molar-refractivity contribution >= 4 is 40.9 Å². The highest BCUT2D eigenvalue weighted by Gasteiger charge is 2.51. The van der Waals surface area contributed by atoms with Crippen LogP contribution in [0.15, 0.2) is 66.7 Å². The molecular formula is C29H24ClFN2O4S. The Kier molecular flexibility index (Phi) is 6.94. The van der Waals surface area contributed by atoms with E-state index < -0.39 is 29.4 Å². The maximum atomic E-state index is 15.3. The van der Waals surface area contributed by atoms with Crippen LogP contribution in [0.25, 0.3) is 21.6 Å². The van der Waals surface area contributed by atoms with Gasteiger partial charge < -0.3 is 9.84 Å². The molecule has 0 aliphatic heterocycles. The predicted molar refractivity (Wildman–Crippen MR) is 146 cm³/mol. The number of carboxylic acid groups (broad SMARTS) is 1. The van der Waals surface area contributed by atoms with Gasteiger partial charge in [-0.25, -0.2) is 9.18 Å². The molecule has 1 fully saturated rings. The monoisotopic (exact) mass is 550 g/mol. The van der Waals surface area contributed by atoms with Crippen molar-refractivity contribution in [1.29, 1.82) is 0 Å². The molecule has 1 aromatic heterocycles. The van der Waals surface area contributed by atoms with E-state index >= 15 is 4.39 Å². The highest BCUT2D eigenvalue weighted by Crippen LogP contribution is 2.48. The molecule has 0 saturated heterocycles. The van der Waals surface area contributed by atoms with Crippen molar-refractivity contribution in [1.82, 2.24) is 4.37 Å². The molecule has 0 radical (unpaired) electrons. The minimum atomic E-state index is -0.827. The maximum absolute atomic E-state index is 15.3. The zero-order chi connectivity index (χ0) is 27.0. The van der Waals surface area contributed by atoms with Crippen LogP contribution in [-0.2, 0) is 14.9 Å². The van der Waals surface area contributed by atoms with Crippen molar-refractivity contribution in [3.8, 4) is 21.6 Å². The third-order valence-electron chi connectivity index (χ3n) is 6.86. The van der Waals surface area contributed by atoms with Crippen molar-refractivity contribution in [3.05, 3.63) is 94.4 Å². The highest BCUT2D eigenvalue weighted by atomic mass is 35.5. The number of aliphatic carboxylic acids is 1. The van der Waals surface area contributed by atoms with Crippen molar-refractivity contribution in [2.45, 2.75) is 38.2 Å². The number of carboxylic acids is 1. The van der Waals surface area contributed by atoms with E-state index in [9.17, 15) is 14.7 Å². The Balaban J connectivity index is 1.34. The summed E-state index contributed by atoms with van der Waals surface area (Å²) in [7, 11) is 0. The number of carbonyl (C=O) groups excluding carboxylic acids is 1. The van der Waals surface area contributed by atoms with Crippen molar-refractivity contribution in [2.75, 3.05) is 5.32 Å². The van der Waals surface area contributed by atoms with Gasteiger partial charge in [0.1, 0.15) is 11.9 Å². The van der Waals surface area contributed by atoms with Gasteiger partial charge in [0, 0.05) is 16.1 Å². The molecule has 194 valence electrons. The normalized spacial score (nSPS) is 14.5. The Labute approximate surface area is 228 Å². The van der Waals surface area contributed by atoms with Gasteiger partial charge in [-0.15, -0.1) is 0 Å². The van der Waals surface area contributed by atoms with Crippen LogP contribution < -0.4 is 5.32 Å². The topological polar surface area (TPSA) is 88.5 Å². The van der Waals surface area contributed by atoms with Crippen molar-refractivity contribution in [3.63, 3.8) is 0 Å². The zero-order valence-corrected chi connectivity index (χ0v) is 22.2. The van der Waals surface area contributed by atoms with Crippen LogP contribution in [0.5, 0.6) is 0 Å². The molecule has 1 atom stereocenters. The summed E-state index contributed by atoms with van der Waals surface area (Å²) in [5, 5.41) is 12.8. The van der Waals surface area contributed by atoms with Gasteiger partial charge in [0.25, 0.3) is 0 Å². The van der Waals surface area contributed by atoms with Gasteiger partial charge in [-0.3, -0.25) is 10.1 Å². The van der Waals surface area contributed by atoms with Crippen LogP contribution in [0.1, 0.15) is 42.7 Å². The summed E-state index contributed by atoms with van der Waals surface area (Å²) in [6.07, 6.45) is -0.0228. The second-order valence-corrected chi connectivity index (χ2v) is 10.5. The van der Waals surface area contributed by atoms with Gasteiger partial charge in [0.05, 0.1) is 21.7 Å². The highest BCUT2D eigenvalue weighted by molar-refractivity contribution is 7.10. The molecule has 3 aromatic carbocycles. The van der Waals surface area contributed by atoms with Gasteiger partial charge in [-0.2, -0.15) is 4.37 Å². The van der Waals surface area contributed by atoms with Gasteiger partial charge in [-0.1, -0.05) is 66.2 Å². The third-order valence-corrected chi connectivity index (χ3v) is 8.19. The van der Waals surface area contributed by atoms with Gasteiger partial charge in [0.2, 0.25) is 0 Å². The summed E-state index contributed by atoms with van der Waals surface area (Å²) < 4.78 is 25.1. The zero-order valence-electron chi connectivity index (χ0n) is 20.6. The van der Waals surface area contributed by atoms with Gasteiger partial charge >= 0.3 is 12.1 Å². The average Bonchev–Trinajstić information content (AvgIpc) is 3.64. The number of hydrogen-bond acceptors (Lipinski definition) is 5. The van der Waals surface area contributed by atoms with E-state index in [0.29, 0.717) is 56.4 Å². The minimum absolute atomic E-state index is 0.393. The lowest BCUT2D eigenvalue weighted by Gasteiger charge is -2.16. The minimum Gasteiger partial charge on any atom is -0.481 e.